The Morgan fingerprint density at radius 2 is 1.87 bits per heavy atom. The predicted octanol–water partition coefficient (Wildman–Crippen LogP) is 4.99. The summed E-state index contributed by atoms with van der Waals surface area (Å²) in [7, 11) is 0. The third kappa shape index (κ3) is 4.88. The molecule has 0 aliphatic carbocycles. The summed E-state index contributed by atoms with van der Waals surface area (Å²) in [5.41, 5.74) is 3.00. The number of hydrogen-bond acceptors (Lipinski definition) is 4. The molecule has 122 valence electrons. The van der Waals surface area contributed by atoms with Crippen LogP contribution >= 0.6 is 27.5 Å². The van der Waals surface area contributed by atoms with E-state index in [2.05, 4.69) is 28.0 Å². The monoisotopic (exact) mass is 397 g/mol. The first kappa shape index (κ1) is 17.6. The average molecular weight is 399 g/mol. The second-order valence-electron chi connectivity index (χ2n) is 4.99. The van der Waals surface area contributed by atoms with Gasteiger partial charge in [0.1, 0.15) is 24.7 Å². The van der Waals surface area contributed by atoms with E-state index in [1.807, 2.05) is 25.1 Å². The lowest BCUT2D eigenvalue weighted by Crippen LogP contribution is -2.10. The van der Waals surface area contributed by atoms with E-state index < -0.39 is 0 Å². The van der Waals surface area contributed by atoms with E-state index in [1.54, 1.807) is 12.1 Å². The number of ether oxygens (including phenoxy) is 2. The molecule has 0 amide bonds. The molecular formula is C17H17BrClNO3. The Morgan fingerprint density at radius 3 is 2.57 bits per heavy atom. The minimum absolute atomic E-state index is 0.347. The largest absolute Gasteiger partial charge is 0.490 e. The fourth-order valence-electron chi connectivity index (χ4n) is 2.00. The summed E-state index contributed by atoms with van der Waals surface area (Å²) >= 11 is 9.36. The minimum Gasteiger partial charge on any atom is -0.490 e. The van der Waals surface area contributed by atoms with Crippen molar-refractivity contribution in [3.8, 4) is 11.5 Å². The molecule has 0 spiro atoms. The summed E-state index contributed by atoms with van der Waals surface area (Å²) in [4.78, 5) is 0. The van der Waals surface area contributed by atoms with Crippen molar-refractivity contribution < 1.29 is 14.7 Å². The molecule has 0 fully saturated rings. The zero-order valence-electron chi connectivity index (χ0n) is 12.8. The first-order valence-electron chi connectivity index (χ1n) is 7.00. The molecule has 0 heterocycles. The van der Waals surface area contributed by atoms with Crippen LogP contribution in [0.5, 0.6) is 11.5 Å². The van der Waals surface area contributed by atoms with Crippen LogP contribution in [0.15, 0.2) is 40.0 Å². The van der Waals surface area contributed by atoms with Crippen molar-refractivity contribution in [3.05, 3.63) is 56.5 Å². The van der Waals surface area contributed by atoms with Gasteiger partial charge in [-0.25, -0.2) is 0 Å². The van der Waals surface area contributed by atoms with Crippen LogP contribution in [0.25, 0.3) is 0 Å². The third-order valence-electron chi connectivity index (χ3n) is 3.31. The van der Waals surface area contributed by atoms with Crippen LogP contribution in [0.3, 0.4) is 0 Å². The highest BCUT2D eigenvalue weighted by molar-refractivity contribution is 9.10. The molecular weight excluding hydrogens is 382 g/mol. The van der Waals surface area contributed by atoms with Crippen LogP contribution in [0.1, 0.15) is 16.7 Å². The molecule has 0 aliphatic rings. The van der Waals surface area contributed by atoms with Gasteiger partial charge in [0.15, 0.2) is 0 Å². The van der Waals surface area contributed by atoms with Crippen LogP contribution in [0.2, 0.25) is 5.02 Å². The highest BCUT2D eigenvalue weighted by Gasteiger charge is 2.09. The van der Waals surface area contributed by atoms with Crippen molar-refractivity contribution in [3.63, 3.8) is 0 Å². The van der Waals surface area contributed by atoms with E-state index in [1.165, 1.54) is 17.3 Å². The maximum atomic E-state index is 8.73. The van der Waals surface area contributed by atoms with E-state index in [0.717, 1.165) is 5.75 Å². The number of rotatable bonds is 6. The Bertz CT molecular complexity index is 719. The van der Waals surface area contributed by atoms with Gasteiger partial charge in [-0.1, -0.05) is 22.8 Å². The SMILES string of the molecule is Cc1ccc(OCCOc2c(Br)cc(Cl)cc2C=NO)cc1C. The Balaban J connectivity index is 1.97. The summed E-state index contributed by atoms with van der Waals surface area (Å²) in [6.07, 6.45) is 1.27. The van der Waals surface area contributed by atoms with E-state index in [4.69, 9.17) is 26.3 Å². The number of aryl methyl sites for hydroxylation is 2. The Kier molecular flexibility index (Phi) is 6.30. The van der Waals surface area contributed by atoms with Gasteiger partial charge in [-0.15, -0.1) is 0 Å². The minimum atomic E-state index is 0.347. The third-order valence-corrected chi connectivity index (χ3v) is 4.12. The van der Waals surface area contributed by atoms with Crippen molar-refractivity contribution in [1.29, 1.82) is 0 Å². The first-order valence-corrected chi connectivity index (χ1v) is 8.17. The molecule has 2 aromatic rings. The lowest BCUT2D eigenvalue weighted by molar-refractivity contribution is 0.216. The zero-order chi connectivity index (χ0) is 16.8. The smallest absolute Gasteiger partial charge is 0.142 e. The molecule has 23 heavy (non-hydrogen) atoms. The molecule has 1 N–H and O–H groups in total. The summed E-state index contributed by atoms with van der Waals surface area (Å²) in [5.74, 6) is 1.36. The van der Waals surface area contributed by atoms with E-state index in [9.17, 15) is 0 Å². The highest BCUT2D eigenvalue weighted by Crippen LogP contribution is 2.32. The molecule has 0 aliphatic heterocycles. The molecule has 2 rings (SSSR count). The number of halogens is 2. The van der Waals surface area contributed by atoms with Crippen molar-refractivity contribution in [1.82, 2.24) is 0 Å². The van der Waals surface area contributed by atoms with E-state index in [-0.39, 0.29) is 0 Å². The standard InChI is InChI=1S/C17H17BrClNO3/c1-11-3-4-15(7-12(11)2)22-5-6-23-17-13(10-20-21)8-14(19)9-16(17)18/h3-4,7-10,21H,5-6H2,1-2H3. The molecule has 6 heteroatoms. The van der Waals surface area contributed by atoms with Gasteiger partial charge in [0.2, 0.25) is 0 Å². The predicted molar refractivity (Wildman–Crippen MR) is 95.4 cm³/mol. The van der Waals surface area contributed by atoms with Gasteiger partial charge in [0.05, 0.1) is 10.7 Å². The van der Waals surface area contributed by atoms with Crippen LogP contribution in [0.4, 0.5) is 0 Å². The Hall–Kier alpha value is -1.72. The normalized spacial score (nSPS) is 11.0. The van der Waals surface area contributed by atoms with Gasteiger partial charge in [-0.3, -0.25) is 0 Å². The second-order valence-corrected chi connectivity index (χ2v) is 6.28. The quantitative estimate of drug-likeness (QED) is 0.323. The lowest BCUT2D eigenvalue weighted by atomic mass is 10.1. The number of benzene rings is 2. The molecule has 0 unspecified atom stereocenters. The van der Waals surface area contributed by atoms with Crippen LogP contribution in [-0.2, 0) is 0 Å². The van der Waals surface area contributed by atoms with Crippen molar-refractivity contribution >= 4 is 33.7 Å². The van der Waals surface area contributed by atoms with Crippen molar-refractivity contribution in [2.24, 2.45) is 5.16 Å². The topological polar surface area (TPSA) is 51.0 Å². The summed E-state index contributed by atoms with van der Waals surface area (Å²) in [6.45, 7) is 4.85. The van der Waals surface area contributed by atoms with Crippen LogP contribution in [-0.4, -0.2) is 24.6 Å². The van der Waals surface area contributed by atoms with Crippen LogP contribution in [0, 0.1) is 13.8 Å². The van der Waals surface area contributed by atoms with Gasteiger partial charge in [-0.05, 0) is 65.2 Å². The number of nitrogens with zero attached hydrogens (tertiary/aromatic N) is 1. The molecule has 0 bridgehead atoms. The Morgan fingerprint density at radius 1 is 1.13 bits per heavy atom. The fraction of sp³-hybridized carbons (Fsp3) is 0.235. The number of oxime groups is 1. The summed E-state index contributed by atoms with van der Waals surface area (Å²) in [5, 5.41) is 12.3. The maximum Gasteiger partial charge on any atom is 0.142 e. The van der Waals surface area contributed by atoms with E-state index in [0.29, 0.717) is 34.0 Å². The maximum absolute atomic E-state index is 8.73. The van der Waals surface area contributed by atoms with Gasteiger partial charge in [-0.2, -0.15) is 0 Å². The first-order chi connectivity index (χ1) is 11.0. The fourth-order valence-corrected chi connectivity index (χ4v) is 2.95. The molecule has 2 aromatic carbocycles. The van der Waals surface area contributed by atoms with Gasteiger partial charge < -0.3 is 14.7 Å². The zero-order valence-corrected chi connectivity index (χ0v) is 15.2. The van der Waals surface area contributed by atoms with E-state index >= 15 is 0 Å². The molecule has 0 atom stereocenters. The molecule has 0 radical (unpaired) electrons. The molecule has 4 nitrogen and oxygen atoms in total. The molecule has 0 aromatic heterocycles. The van der Waals surface area contributed by atoms with Crippen LogP contribution < -0.4 is 9.47 Å². The summed E-state index contributed by atoms with van der Waals surface area (Å²) in [6, 6.07) is 9.33. The lowest BCUT2D eigenvalue weighted by Gasteiger charge is -2.13. The summed E-state index contributed by atoms with van der Waals surface area (Å²) < 4.78 is 12.1. The van der Waals surface area contributed by atoms with Gasteiger partial charge >= 0.3 is 0 Å². The van der Waals surface area contributed by atoms with Crippen molar-refractivity contribution in [2.75, 3.05) is 13.2 Å². The number of hydrogen-bond donors (Lipinski definition) is 1. The Labute approximate surface area is 148 Å². The van der Waals surface area contributed by atoms with Gasteiger partial charge in [0, 0.05) is 10.6 Å². The molecule has 0 saturated heterocycles. The second kappa shape index (κ2) is 8.22. The average Bonchev–Trinajstić information content (AvgIpc) is 2.49. The molecule has 0 saturated carbocycles. The van der Waals surface area contributed by atoms with Gasteiger partial charge in [0.25, 0.3) is 0 Å². The highest BCUT2D eigenvalue weighted by atomic mass is 79.9. The van der Waals surface area contributed by atoms with Crippen molar-refractivity contribution in [2.45, 2.75) is 13.8 Å².